The second kappa shape index (κ2) is 8.22. The number of nitrogens with one attached hydrogen (secondary N) is 1. The number of aryl methyl sites for hydroxylation is 1. The molecule has 0 bridgehead atoms. The summed E-state index contributed by atoms with van der Waals surface area (Å²) >= 11 is 0. The molecule has 150 valence electrons. The lowest BCUT2D eigenvalue weighted by atomic mass is 10.0. The molecule has 0 spiro atoms. The molecule has 0 fully saturated rings. The number of carbonyl (C=O) groups excluding carboxylic acids is 1. The fraction of sp³-hybridized carbons (Fsp3) is 0.381. The number of carbonyl (C=O) groups is 1. The molecular weight excluding hydrogens is 376 g/mol. The number of benzene rings is 2. The average Bonchev–Trinajstić information content (AvgIpc) is 2.64. The van der Waals surface area contributed by atoms with E-state index in [1.807, 2.05) is 37.3 Å². The first kappa shape index (κ1) is 20.2. The third-order valence-corrected chi connectivity index (χ3v) is 6.57. The Balaban J connectivity index is 1.74. The minimum Gasteiger partial charge on any atom is -0.440 e. The summed E-state index contributed by atoms with van der Waals surface area (Å²) in [7, 11) is -3.30. The van der Waals surface area contributed by atoms with Crippen LogP contribution in [0, 0.1) is 6.92 Å². The van der Waals surface area contributed by atoms with E-state index in [1.165, 1.54) is 0 Å². The number of hydrogen-bond donors (Lipinski definition) is 1. The van der Waals surface area contributed by atoms with Crippen LogP contribution >= 0.6 is 0 Å². The van der Waals surface area contributed by atoms with Gasteiger partial charge in [0.25, 0.3) is 0 Å². The molecule has 0 aromatic heterocycles. The molecule has 7 heteroatoms. The van der Waals surface area contributed by atoms with Crippen molar-refractivity contribution in [1.82, 2.24) is 0 Å². The summed E-state index contributed by atoms with van der Waals surface area (Å²) in [6, 6.07) is 13.0. The quantitative estimate of drug-likeness (QED) is 0.816. The fourth-order valence-corrected chi connectivity index (χ4v) is 5.10. The smallest absolute Gasteiger partial charge is 0.412 e. The van der Waals surface area contributed by atoms with Crippen LogP contribution in [0.15, 0.2) is 42.5 Å². The Bertz CT molecular complexity index is 968. The first-order valence-electron chi connectivity index (χ1n) is 9.44. The lowest BCUT2D eigenvalue weighted by Crippen LogP contribution is -2.29. The molecule has 0 saturated carbocycles. The first-order valence-corrected chi connectivity index (χ1v) is 11.3. The van der Waals surface area contributed by atoms with Crippen molar-refractivity contribution in [3.8, 4) is 0 Å². The van der Waals surface area contributed by atoms with Gasteiger partial charge in [0.05, 0.1) is 11.5 Å². The summed E-state index contributed by atoms with van der Waals surface area (Å²) in [4.78, 5) is 14.7. The zero-order chi connectivity index (χ0) is 20.3. The zero-order valence-corrected chi connectivity index (χ0v) is 17.3. The highest BCUT2D eigenvalue weighted by molar-refractivity contribution is 7.90. The molecule has 0 aliphatic carbocycles. The zero-order valence-electron chi connectivity index (χ0n) is 16.4. The largest absolute Gasteiger partial charge is 0.440 e. The van der Waals surface area contributed by atoms with Gasteiger partial charge < -0.3 is 9.64 Å². The lowest BCUT2D eigenvalue weighted by molar-refractivity contribution is 0.121. The van der Waals surface area contributed by atoms with Gasteiger partial charge in [0.15, 0.2) is 9.84 Å². The van der Waals surface area contributed by atoms with Crippen LogP contribution < -0.4 is 10.2 Å². The fourth-order valence-electron chi connectivity index (χ4n) is 3.54. The van der Waals surface area contributed by atoms with Gasteiger partial charge in [-0.05, 0) is 55.7 Å². The number of fused-ring (bicyclic) bond motifs is 1. The summed E-state index contributed by atoms with van der Waals surface area (Å²) in [6.07, 6.45) is -1.46. The van der Waals surface area contributed by atoms with Gasteiger partial charge in [-0.25, -0.2) is 13.2 Å². The van der Waals surface area contributed by atoms with Crippen molar-refractivity contribution in [1.29, 1.82) is 0 Å². The minimum absolute atomic E-state index is 0.0173. The van der Waals surface area contributed by atoms with Crippen molar-refractivity contribution in [2.45, 2.75) is 32.6 Å². The van der Waals surface area contributed by atoms with Crippen molar-refractivity contribution < 1.29 is 17.9 Å². The van der Waals surface area contributed by atoms with E-state index in [-0.39, 0.29) is 11.5 Å². The molecule has 28 heavy (non-hydrogen) atoms. The van der Waals surface area contributed by atoms with E-state index >= 15 is 0 Å². The molecule has 1 aliphatic heterocycles. The van der Waals surface area contributed by atoms with E-state index in [4.69, 9.17) is 4.74 Å². The van der Waals surface area contributed by atoms with Crippen LogP contribution in [0.3, 0.4) is 0 Å². The molecule has 1 aliphatic rings. The highest BCUT2D eigenvalue weighted by Crippen LogP contribution is 2.31. The molecule has 2 aromatic rings. The molecule has 2 aromatic carbocycles. The van der Waals surface area contributed by atoms with Crippen LogP contribution in [0.1, 0.15) is 36.6 Å². The van der Waals surface area contributed by atoms with Crippen LogP contribution in [0.5, 0.6) is 0 Å². The molecule has 6 nitrogen and oxygen atoms in total. The Labute approximate surface area is 166 Å². The molecule has 1 atom stereocenters. The second-order valence-electron chi connectivity index (χ2n) is 6.94. The number of hydrogen-bond acceptors (Lipinski definition) is 5. The van der Waals surface area contributed by atoms with Gasteiger partial charge >= 0.3 is 6.09 Å². The van der Waals surface area contributed by atoms with Crippen LogP contribution in [0.25, 0.3) is 0 Å². The Hall–Kier alpha value is -2.54. The van der Waals surface area contributed by atoms with E-state index in [9.17, 15) is 13.2 Å². The van der Waals surface area contributed by atoms with E-state index in [0.717, 1.165) is 29.9 Å². The predicted octanol–water partition coefficient (Wildman–Crippen LogP) is 4.06. The van der Waals surface area contributed by atoms with Gasteiger partial charge in [-0.15, -0.1) is 0 Å². The Kier molecular flexibility index (Phi) is 5.93. The van der Waals surface area contributed by atoms with E-state index in [0.29, 0.717) is 11.3 Å². The third kappa shape index (κ3) is 4.47. The maximum atomic E-state index is 12.4. The summed E-state index contributed by atoms with van der Waals surface area (Å²) in [5.74, 6) is -0.214. The monoisotopic (exact) mass is 402 g/mol. The molecule has 3 rings (SSSR count). The molecule has 1 N–H and O–H groups in total. The molecule has 1 amide bonds. The Morgan fingerprint density at radius 2 is 1.89 bits per heavy atom. The number of amides is 1. The van der Waals surface area contributed by atoms with Gasteiger partial charge in [0, 0.05) is 24.5 Å². The van der Waals surface area contributed by atoms with Crippen molar-refractivity contribution >= 4 is 27.3 Å². The number of sulfone groups is 1. The summed E-state index contributed by atoms with van der Waals surface area (Å²) < 4.78 is 29.8. The van der Waals surface area contributed by atoms with Crippen molar-refractivity contribution in [3.05, 3.63) is 59.2 Å². The van der Waals surface area contributed by atoms with Crippen LogP contribution in [-0.4, -0.2) is 33.4 Å². The first-order chi connectivity index (χ1) is 13.3. The normalized spacial score (nSPS) is 17.5. The maximum absolute atomic E-state index is 12.4. The molecule has 0 saturated heterocycles. The molecular formula is C21H26N2O4S. The maximum Gasteiger partial charge on any atom is 0.412 e. The van der Waals surface area contributed by atoms with Gasteiger partial charge in [-0.3, -0.25) is 5.32 Å². The number of nitrogens with zero attached hydrogens (tertiary/aromatic N) is 1. The van der Waals surface area contributed by atoms with Gasteiger partial charge in [-0.1, -0.05) is 24.3 Å². The van der Waals surface area contributed by atoms with E-state index < -0.39 is 22.0 Å². The van der Waals surface area contributed by atoms with Gasteiger partial charge in [0.2, 0.25) is 0 Å². The van der Waals surface area contributed by atoms with Gasteiger partial charge in [0.1, 0.15) is 6.10 Å². The van der Waals surface area contributed by atoms with E-state index in [2.05, 4.69) is 24.1 Å². The highest BCUT2D eigenvalue weighted by atomic mass is 32.2. The summed E-state index contributed by atoms with van der Waals surface area (Å²) in [5, 5.41) is 2.74. The summed E-state index contributed by atoms with van der Waals surface area (Å²) in [5.41, 5.74) is 4.09. The topological polar surface area (TPSA) is 75.7 Å². The molecule has 1 unspecified atom stereocenters. The van der Waals surface area contributed by atoms with E-state index in [1.54, 1.807) is 12.1 Å². The Morgan fingerprint density at radius 1 is 1.18 bits per heavy atom. The lowest BCUT2D eigenvalue weighted by Gasteiger charge is -2.26. The highest BCUT2D eigenvalue weighted by Gasteiger charge is 2.32. The van der Waals surface area contributed by atoms with Crippen molar-refractivity contribution in [2.24, 2.45) is 0 Å². The van der Waals surface area contributed by atoms with Crippen molar-refractivity contribution in [3.63, 3.8) is 0 Å². The standard InChI is InChI=1S/C21H26N2O4S/c1-4-23(5-2)17-10-11-19(15(3)12-17)22-21(24)27-20-14-28(25,26)13-16-8-6-7-9-18(16)20/h6-12,20H,4-5,13-14H2,1-3H3,(H,22,24). The summed E-state index contributed by atoms with van der Waals surface area (Å²) in [6.45, 7) is 7.92. The Morgan fingerprint density at radius 3 is 2.57 bits per heavy atom. The number of ether oxygens (including phenoxy) is 1. The SMILES string of the molecule is CCN(CC)c1ccc(NC(=O)OC2CS(=O)(=O)Cc3ccccc32)c(C)c1. The van der Waals surface area contributed by atoms with Gasteiger partial charge in [-0.2, -0.15) is 0 Å². The second-order valence-corrected chi connectivity index (χ2v) is 9.05. The predicted molar refractivity (Wildman–Crippen MR) is 112 cm³/mol. The van der Waals surface area contributed by atoms with Crippen molar-refractivity contribution in [2.75, 3.05) is 29.1 Å². The number of anilines is 2. The minimum atomic E-state index is -3.30. The molecule has 1 heterocycles. The van der Waals surface area contributed by atoms with Crippen LogP contribution in [-0.2, 0) is 20.3 Å². The average molecular weight is 403 g/mol. The van der Waals surface area contributed by atoms with Crippen LogP contribution in [0.2, 0.25) is 0 Å². The molecule has 0 radical (unpaired) electrons. The van der Waals surface area contributed by atoms with Crippen LogP contribution in [0.4, 0.5) is 16.2 Å². The number of rotatable bonds is 5. The third-order valence-electron chi connectivity index (χ3n) is 5.01.